The largest absolute Gasteiger partial charge is 0.322 e. The minimum absolute atomic E-state index is 0.129. The van der Waals surface area contributed by atoms with Crippen LogP contribution in [-0.2, 0) is 0 Å². The van der Waals surface area contributed by atoms with Gasteiger partial charge in [-0.15, -0.1) is 0 Å². The number of hydrogen-bond donors (Lipinski definition) is 3. The number of carbonyl (C=O) groups excluding carboxylic acids is 3. The molecule has 31 heavy (non-hydrogen) atoms. The summed E-state index contributed by atoms with van der Waals surface area (Å²) >= 11 is 5.77. The van der Waals surface area contributed by atoms with Crippen LogP contribution in [0.2, 0.25) is 5.02 Å². The number of anilines is 1. The van der Waals surface area contributed by atoms with E-state index in [9.17, 15) is 24.5 Å². The molecule has 0 heterocycles. The topological polar surface area (TPSA) is 130 Å². The molecule has 3 aromatic rings. The molecule has 0 aliphatic rings. The maximum atomic E-state index is 12.3. The van der Waals surface area contributed by atoms with Gasteiger partial charge in [-0.25, -0.2) is 0 Å². The molecule has 3 rings (SSSR count). The number of hydrazine groups is 1. The zero-order chi connectivity index (χ0) is 22.4. The number of hydrogen-bond acceptors (Lipinski definition) is 5. The molecule has 0 saturated carbocycles. The second kappa shape index (κ2) is 9.51. The number of nitrogens with zero attached hydrogens (tertiary/aromatic N) is 1. The molecule has 0 bridgehead atoms. The van der Waals surface area contributed by atoms with Crippen molar-refractivity contribution in [1.82, 2.24) is 10.9 Å². The Labute approximate surface area is 181 Å². The molecule has 0 unspecified atom stereocenters. The predicted octanol–water partition coefficient (Wildman–Crippen LogP) is 3.58. The molecule has 0 aromatic heterocycles. The molecule has 10 heteroatoms. The Hall–Kier alpha value is -4.24. The molecule has 0 saturated heterocycles. The van der Waals surface area contributed by atoms with Crippen molar-refractivity contribution in [3.63, 3.8) is 0 Å². The van der Waals surface area contributed by atoms with Crippen LogP contribution in [0.15, 0.2) is 72.8 Å². The smallest absolute Gasteiger partial charge is 0.269 e. The molecule has 0 aliphatic heterocycles. The highest BCUT2D eigenvalue weighted by molar-refractivity contribution is 6.30. The summed E-state index contributed by atoms with van der Waals surface area (Å²) in [6, 6.07) is 17.3. The van der Waals surface area contributed by atoms with E-state index in [0.29, 0.717) is 16.3 Å². The fourth-order valence-electron chi connectivity index (χ4n) is 2.54. The molecule has 0 fully saturated rings. The molecule has 0 aliphatic carbocycles. The first kappa shape index (κ1) is 21.5. The maximum Gasteiger partial charge on any atom is 0.269 e. The third-order valence-electron chi connectivity index (χ3n) is 4.12. The number of carbonyl (C=O) groups is 3. The van der Waals surface area contributed by atoms with Gasteiger partial charge in [0.25, 0.3) is 23.4 Å². The quantitative estimate of drug-likeness (QED) is 0.414. The van der Waals surface area contributed by atoms with E-state index in [1.54, 1.807) is 24.3 Å². The lowest BCUT2D eigenvalue weighted by molar-refractivity contribution is -0.384. The van der Waals surface area contributed by atoms with Gasteiger partial charge in [-0.2, -0.15) is 0 Å². The number of benzene rings is 3. The minimum atomic E-state index is -0.589. The number of nitrogens with one attached hydrogen (secondary N) is 3. The third-order valence-corrected chi connectivity index (χ3v) is 4.37. The first-order valence-corrected chi connectivity index (χ1v) is 9.23. The van der Waals surface area contributed by atoms with Gasteiger partial charge in [-0.1, -0.05) is 17.7 Å². The number of non-ortho nitro benzene ring substituents is 1. The van der Waals surface area contributed by atoms with Gasteiger partial charge in [0.15, 0.2) is 0 Å². The number of rotatable bonds is 5. The van der Waals surface area contributed by atoms with Crippen molar-refractivity contribution in [2.75, 3.05) is 5.32 Å². The Morgan fingerprint density at radius 2 is 1.29 bits per heavy atom. The van der Waals surface area contributed by atoms with Crippen LogP contribution in [0.25, 0.3) is 0 Å². The number of nitro groups is 1. The zero-order valence-corrected chi connectivity index (χ0v) is 16.6. The lowest BCUT2D eigenvalue weighted by atomic mass is 10.1. The highest BCUT2D eigenvalue weighted by Gasteiger charge is 2.12. The second-order valence-corrected chi connectivity index (χ2v) is 6.69. The Morgan fingerprint density at radius 3 is 1.90 bits per heavy atom. The van der Waals surface area contributed by atoms with E-state index < -0.39 is 22.6 Å². The molecule has 0 atom stereocenters. The molecule has 9 nitrogen and oxygen atoms in total. The van der Waals surface area contributed by atoms with Crippen molar-refractivity contribution in [1.29, 1.82) is 0 Å². The summed E-state index contributed by atoms with van der Waals surface area (Å²) in [5.41, 5.74) is 5.52. The van der Waals surface area contributed by atoms with Crippen molar-refractivity contribution in [3.05, 3.63) is 105 Å². The Bertz CT molecular complexity index is 1150. The van der Waals surface area contributed by atoms with Crippen LogP contribution in [0.4, 0.5) is 11.4 Å². The van der Waals surface area contributed by atoms with Gasteiger partial charge in [-0.3, -0.25) is 35.3 Å². The minimum Gasteiger partial charge on any atom is -0.322 e. The van der Waals surface area contributed by atoms with E-state index in [4.69, 9.17) is 11.6 Å². The molecule has 3 amide bonds. The fraction of sp³-hybridized carbons (Fsp3) is 0. The summed E-state index contributed by atoms with van der Waals surface area (Å²) in [4.78, 5) is 46.8. The van der Waals surface area contributed by atoms with E-state index in [-0.39, 0.29) is 16.8 Å². The molecule has 0 spiro atoms. The number of halogens is 1. The zero-order valence-electron chi connectivity index (χ0n) is 15.8. The van der Waals surface area contributed by atoms with Gasteiger partial charge in [0.2, 0.25) is 0 Å². The molecular weight excluding hydrogens is 424 g/mol. The molecule has 156 valence electrons. The van der Waals surface area contributed by atoms with Gasteiger partial charge in [0.05, 0.1) is 4.92 Å². The second-order valence-electron chi connectivity index (χ2n) is 6.25. The molecule has 3 aromatic carbocycles. The van der Waals surface area contributed by atoms with Crippen LogP contribution in [-0.4, -0.2) is 22.6 Å². The lowest BCUT2D eigenvalue weighted by Gasteiger charge is -2.09. The highest BCUT2D eigenvalue weighted by Crippen LogP contribution is 2.15. The Morgan fingerprint density at radius 1 is 0.742 bits per heavy atom. The third kappa shape index (κ3) is 5.64. The van der Waals surface area contributed by atoms with E-state index in [1.165, 1.54) is 48.5 Å². The van der Waals surface area contributed by atoms with Gasteiger partial charge in [0, 0.05) is 39.5 Å². The number of amides is 3. The van der Waals surface area contributed by atoms with Gasteiger partial charge in [0.1, 0.15) is 0 Å². The highest BCUT2D eigenvalue weighted by atomic mass is 35.5. The van der Waals surface area contributed by atoms with E-state index >= 15 is 0 Å². The summed E-state index contributed by atoms with van der Waals surface area (Å²) in [5, 5.41) is 13.8. The SMILES string of the molecule is O=C(NNC(=O)c1cccc(NC(=O)c2ccc([N+](=O)[O-])cc2)c1)c1ccc(Cl)cc1. The van der Waals surface area contributed by atoms with E-state index in [0.717, 1.165) is 0 Å². The summed E-state index contributed by atoms with van der Waals surface area (Å²) in [5.74, 6) is -1.61. The number of nitro benzene ring substituents is 1. The van der Waals surface area contributed by atoms with Crippen LogP contribution in [0.3, 0.4) is 0 Å². The fourth-order valence-corrected chi connectivity index (χ4v) is 2.66. The van der Waals surface area contributed by atoms with Gasteiger partial charge < -0.3 is 5.32 Å². The Balaban J connectivity index is 1.61. The van der Waals surface area contributed by atoms with Crippen LogP contribution >= 0.6 is 11.6 Å². The van der Waals surface area contributed by atoms with Crippen molar-refractivity contribution in [3.8, 4) is 0 Å². The lowest BCUT2D eigenvalue weighted by Crippen LogP contribution is -2.41. The monoisotopic (exact) mass is 438 g/mol. The van der Waals surface area contributed by atoms with Crippen molar-refractivity contribution < 1.29 is 19.3 Å². The van der Waals surface area contributed by atoms with Crippen LogP contribution in [0, 0.1) is 10.1 Å². The van der Waals surface area contributed by atoms with Gasteiger partial charge >= 0.3 is 0 Å². The first-order valence-electron chi connectivity index (χ1n) is 8.85. The van der Waals surface area contributed by atoms with Crippen LogP contribution < -0.4 is 16.2 Å². The van der Waals surface area contributed by atoms with Crippen molar-refractivity contribution in [2.45, 2.75) is 0 Å². The Kier molecular flexibility index (Phi) is 6.58. The maximum absolute atomic E-state index is 12.3. The standard InChI is InChI=1S/C21H15ClN4O5/c22-16-8-4-14(5-9-16)20(28)24-25-21(29)15-2-1-3-17(12-15)23-19(27)13-6-10-18(11-7-13)26(30)31/h1-12H,(H,23,27)(H,24,28)(H,25,29). The summed E-state index contributed by atoms with van der Waals surface area (Å²) in [6.07, 6.45) is 0. The van der Waals surface area contributed by atoms with Crippen LogP contribution in [0.1, 0.15) is 31.1 Å². The molecule has 3 N–H and O–H groups in total. The first-order chi connectivity index (χ1) is 14.8. The normalized spacial score (nSPS) is 10.1. The average molecular weight is 439 g/mol. The van der Waals surface area contributed by atoms with E-state index in [2.05, 4.69) is 16.2 Å². The predicted molar refractivity (Wildman–Crippen MR) is 114 cm³/mol. The van der Waals surface area contributed by atoms with Crippen molar-refractivity contribution >= 4 is 40.7 Å². The summed E-state index contributed by atoms with van der Waals surface area (Å²) in [7, 11) is 0. The van der Waals surface area contributed by atoms with Gasteiger partial charge in [-0.05, 0) is 54.6 Å². The van der Waals surface area contributed by atoms with Crippen molar-refractivity contribution in [2.24, 2.45) is 0 Å². The molecular formula is C21H15ClN4O5. The summed E-state index contributed by atoms with van der Waals surface area (Å²) in [6.45, 7) is 0. The molecule has 0 radical (unpaired) electrons. The van der Waals surface area contributed by atoms with Crippen LogP contribution in [0.5, 0.6) is 0 Å². The average Bonchev–Trinajstić information content (AvgIpc) is 2.78. The van der Waals surface area contributed by atoms with E-state index in [1.807, 2.05) is 0 Å². The summed E-state index contributed by atoms with van der Waals surface area (Å²) < 4.78 is 0.